The molecule has 0 fully saturated rings. The van der Waals surface area contributed by atoms with Crippen LogP contribution in [-0.4, -0.2) is 39.8 Å². The van der Waals surface area contributed by atoms with E-state index in [0.29, 0.717) is 29.4 Å². The summed E-state index contributed by atoms with van der Waals surface area (Å²) in [7, 11) is 4.52. The second-order valence-corrected chi connectivity index (χ2v) is 4.02. The van der Waals surface area contributed by atoms with Crippen LogP contribution in [0.15, 0.2) is 12.1 Å². The lowest BCUT2D eigenvalue weighted by molar-refractivity contribution is 0.0937. The van der Waals surface area contributed by atoms with Crippen LogP contribution in [0.25, 0.3) is 0 Å². The smallest absolute Gasteiger partial charge is 0.255 e. The minimum Gasteiger partial charge on any atom is -0.496 e. The van der Waals surface area contributed by atoms with Crippen LogP contribution in [0, 0.1) is 0 Å². The Morgan fingerprint density at radius 1 is 1.15 bits per heavy atom. The molecule has 0 saturated heterocycles. The van der Waals surface area contributed by atoms with Crippen LogP contribution in [0.3, 0.4) is 0 Å². The van der Waals surface area contributed by atoms with Gasteiger partial charge in [-0.05, 0) is 6.92 Å². The highest BCUT2D eigenvalue weighted by Crippen LogP contribution is 2.34. The number of nitrogens with two attached hydrogens (primary N) is 1. The molecular formula is C13H21ClN2O4. The predicted molar refractivity (Wildman–Crippen MR) is 79.3 cm³/mol. The normalized spacial score (nSPS) is 11.1. The van der Waals surface area contributed by atoms with Crippen molar-refractivity contribution in [2.75, 3.05) is 27.9 Å². The number of amides is 1. The van der Waals surface area contributed by atoms with Gasteiger partial charge in [0, 0.05) is 24.7 Å². The number of rotatable bonds is 6. The molecule has 6 nitrogen and oxygen atoms in total. The molecule has 20 heavy (non-hydrogen) atoms. The first-order valence-electron chi connectivity index (χ1n) is 5.88. The molecule has 1 aromatic carbocycles. The van der Waals surface area contributed by atoms with E-state index in [2.05, 4.69) is 5.32 Å². The minimum absolute atomic E-state index is 0. The maximum Gasteiger partial charge on any atom is 0.255 e. The van der Waals surface area contributed by atoms with Crippen LogP contribution >= 0.6 is 12.4 Å². The Balaban J connectivity index is 0.00000361. The van der Waals surface area contributed by atoms with Gasteiger partial charge in [0.1, 0.15) is 5.75 Å². The third-order valence-corrected chi connectivity index (χ3v) is 2.68. The maximum absolute atomic E-state index is 12.1. The first-order valence-corrected chi connectivity index (χ1v) is 5.88. The van der Waals surface area contributed by atoms with Gasteiger partial charge in [-0.15, -0.1) is 12.4 Å². The molecule has 0 bridgehead atoms. The predicted octanol–water partition coefficient (Wildman–Crippen LogP) is 1.21. The number of halogens is 1. The summed E-state index contributed by atoms with van der Waals surface area (Å²) in [6, 6.07) is 3.07. The van der Waals surface area contributed by atoms with E-state index in [1.807, 2.05) is 6.92 Å². The first-order chi connectivity index (χ1) is 9.07. The van der Waals surface area contributed by atoms with Gasteiger partial charge >= 0.3 is 0 Å². The molecule has 1 amide bonds. The maximum atomic E-state index is 12.1. The third-order valence-electron chi connectivity index (χ3n) is 2.68. The summed E-state index contributed by atoms with van der Waals surface area (Å²) in [5.41, 5.74) is 5.86. The van der Waals surface area contributed by atoms with E-state index >= 15 is 0 Å². The standard InChI is InChI=1S/C13H20N2O4.ClH/c1-8(7-14)15-13(16)9-5-11(18-3)12(19-4)6-10(9)17-2;/h5-6,8H,7,14H2,1-4H3,(H,15,16);1H/t8-;/m1./s1. The van der Waals surface area contributed by atoms with Crippen molar-refractivity contribution in [2.45, 2.75) is 13.0 Å². The van der Waals surface area contributed by atoms with Gasteiger partial charge in [0.05, 0.1) is 26.9 Å². The molecule has 0 radical (unpaired) electrons. The van der Waals surface area contributed by atoms with E-state index in [4.69, 9.17) is 19.9 Å². The Morgan fingerprint density at radius 3 is 2.10 bits per heavy atom. The number of methoxy groups -OCH3 is 3. The molecule has 0 unspecified atom stereocenters. The second-order valence-electron chi connectivity index (χ2n) is 4.02. The SMILES string of the molecule is COc1cc(OC)c(C(=O)N[C@H](C)CN)cc1OC.Cl. The van der Waals surface area contributed by atoms with Gasteiger partial charge in [0.2, 0.25) is 0 Å². The zero-order valence-corrected chi connectivity index (χ0v) is 12.9. The lowest BCUT2D eigenvalue weighted by Gasteiger charge is -2.16. The van der Waals surface area contributed by atoms with E-state index in [-0.39, 0.29) is 24.4 Å². The lowest BCUT2D eigenvalue weighted by atomic mass is 10.1. The fraction of sp³-hybridized carbons (Fsp3) is 0.462. The Labute approximate surface area is 125 Å². The average molecular weight is 305 g/mol. The fourth-order valence-electron chi connectivity index (χ4n) is 1.57. The van der Waals surface area contributed by atoms with E-state index in [1.165, 1.54) is 21.3 Å². The van der Waals surface area contributed by atoms with E-state index < -0.39 is 0 Å². The van der Waals surface area contributed by atoms with Crippen molar-refractivity contribution in [3.63, 3.8) is 0 Å². The summed E-state index contributed by atoms with van der Waals surface area (Å²) in [5.74, 6) is 1.12. The molecule has 0 spiro atoms. The van der Waals surface area contributed by atoms with Crippen molar-refractivity contribution in [1.29, 1.82) is 0 Å². The quantitative estimate of drug-likeness (QED) is 0.825. The minimum atomic E-state index is -0.268. The molecule has 0 saturated carbocycles. The van der Waals surface area contributed by atoms with E-state index in [9.17, 15) is 4.79 Å². The number of benzene rings is 1. The lowest BCUT2D eigenvalue weighted by Crippen LogP contribution is -2.37. The molecule has 1 aromatic rings. The molecular weight excluding hydrogens is 284 g/mol. The van der Waals surface area contributed by atoms with Crippen molar-refractivity contribution in [1.82, 2.24) is 5.32 Å². The molecule has 7 heteroatoms. The van der Waals surface area contributed by atoms with Crippen LogP contribution in [0.4, 0.5) is 0 Å². The van der Waals surface area contributed by atoms with Gasteiger partial charge in [-0.1, -0.05) is 0 Å². The van der Waals surface area contributed by atoms with Crippen molar-refractivity contribution >= 4 is 18.3 Å². The number of carbonyl (C=O) groups excluding carboxylic acids is 1. The van der Waals surface area contributed by atoms with Crippen LogP contribution in [0.2, 0.25) is 0 Å². The van der Waals surface area contributed by atoms with Gasteiger partial charge in [-0.2, -0.15) is 0 Å². The van der Waals surface area contributed by atoms with Crippen molar-refractivity contribution in [2.24, 2.45) is 5.73 Å². The number of carbonyl (C=O) groups is 1. The summed E-state index contributed by atoms with van der Waals surface area (Å²) in [6.07, 6.45) is 0. The van der Waals surface area contributed by atoms with E-state index in [1.54, 1.807) is 12.1 Å². The van der Waals surface area contributed by atoms with Crippen LogP contribution in [0.1, 0.15) is 17.3 Å². The molecule has 0 aliphatic heterocycles. The van der Waals surface area contributed by atoms with Gasteiger partial charge in [0.25, 0.3) is 5.91 Å². The summed E-state index contributed by atoms with van der Waals surface area (Å²) in [6.45, 7) is 2.19. The number of nitrogens with one attached hydrogen (secondary N) is 1. The van der Waals surface area contributed by atoms with Crippen LogP contribution < -0.4 is 25.3 Å². The van der Waals surface area contributed by atoms with Gasteiger partial charge in [-0.3, -0.25) is 4.79 Å². The monoisotopic (exact) mass is 304 g/mol. The number of hydrogen-bond acceptors (Lipinski definition) is 5. The molecule has 0 aliphatic rings. The molecule has 1 atom stereocenters. The van der Waals surface area contributed by atoms with Crippen molar-refractivity contribution in [3.8, 4) is 17.2 Å². The fourth-order valence-corrected chi connectivity index (χ4v) is 1.57. The Morgan fingerprint density at radius 2 is 1.65 bits per heavy atom. The highest BCUT2D eigenvalue weighted by atomic mass is 35.5. The highest BCUT2D eigenvalue weighted by molar-refractivity contribution is 5.98. The summed E-state index contributed by atoms with van der Waals surface area (Å²) in [4.78, 5) is 12.1. The van der Waals surface area contributed by atoms with Crippen molar-refractivity contribution in [3.05, 3.63) is 17.7 Å². The van der Waals surface area contributed by atoms with E-state index in [0.717, 1.165) is 0 Å². The Bertz CT molecular complexity index is 454. The largest absolute Gasteiger partial charge is 0.496 e. The molecule has 1 rings (SSSR count). The zero-order chi connectivity index (χ0) is 14.4. The summed E-state index contributed by atoms with van der Waals surface area (Å²) < 4.78 is 15.5. The van der Waals surface area contributed by atoms with Crippen molar-refractivity contribution < 1.29 is 19.0 Å². The summed E-state index contributed by atoms with van der Waals surface area (Å²) in [5, 5.41) is 2.77. The second kappa shape index (κ2) is 8.50. The average Bonchev–Trinajstić information content (AvgIpc) is 2.45. The Kier molecular flexibility index (Phi) is 7.79. The van der Waals surface area contributed by atoms with Gasteiger partial charge in [-0.25, -0.2) is 0 Å². The number of ether oxygens (including phenoxy) is 3. The zero-order valence-electron chi connectivity index (χ0n) is 12.1. The molecule has 0 aliphatic carbocycles. The molecule has 114 valence electrons. The van der Waals surface area contributed by atoms with Gasteiger partial charge in [0.15, 0.2) is 11.5 Å². The highest BCUT2D eigenvalue weighted by Gasteiger charge is 2.18. The molecule has 0 heterocycles. The van der Waals surface area contributed by atoms with Crippen LogP contribution in [-0.2, 0) is 0 Å². The molecule has 0 aromatic heterocycles. The summed E-state index contributed by atoms with van der Waals surface area (Å²) >= 11 is 0. The first kappa shape index (κ1) is 18.3. The van der Waals surface area contributed by atoms with Gasteiger partial charge < -0.3 is 25.3 Å². The topological polar surface area (TPSA) is 82.8 Å². The molecule has 3 N–H and O–H groups in total. The Hall–Kier alpha value is -1.66. The van der Waals surface area contributed by atoms with Crippen LogP contribution in [0.5, 0.6) is 17.2 Å². The third kappa shape index (κ3) is 4.18. The number of hydrogen-bond donors (Lipinski definition) is 2.